The quantitative estimate of drug-likeness (QED) is 0.577. The van der Waals surface area contributed by atoms with Crippen LogP contribution in [-0.2, 0) is 9.59 Å². The van der Waals surface area contributed by atoms with E-state index in [1.807, 2.05) is 13.8 Å². The van der Waals surface area contributed by atoms with Gasteiger partial charge in [0.15, 0.2) is 0 Å². The van der Waals surface area contributed by atoms with Gasteiger partial charge in [-0.1, -0.05) is 19.8 Å². The second-order valence-electron chi connectivity index (χ2n) is 4.12. The molecule has 0 fully saturated rings. The summed E-state index contributed by atoms with van der Waals surface area (Å²) in [5.74, 6) is -1.21. The van der Waals surface area contributed by atoms with Crippen molar-refractivity contribution in [3.8, 4) is 0 Å². The van der Waals surface area contributed by atoms with Gasteiger partial charge in [-0.25, -0.2) is 4.79 Å². The number of rotatable bonds is 8. The predicted octanol–water partition coefficient (Wildman–Crippen LogP) is 0.873. The van der Waals surface area contributed by atoms with Gasteiger partial charge in [-0.3, -0.25) is 4.79 Å². The minimum Gasteiger partial charge on any atom is -0.480 e. The number of hydrogen-bond acceptors (Lipinski definition) is 3. The van der Waals surface area contributed by atoms with Crippen LogP contribution in [-0.4, -0.2) is 29.1 Å². The lowest BCUT2D eigenvalue weighted by atomic mass is 10.1. The fraction of sp³-hybridized carbons (Fsp3) is 0.818. The third-order valence-corrected chi connectivity index (χ3v) is 2.31. The lowest BCUT2D eigenvalue weighted by Crippen LogP contribution is -2.41. The first kappa shape index (κ1) is 14.9. The Morgan fingerprint density at radius 1 is 1.38 bits per heavy atom. The molecule has 0 aliphatic rings. The molecule has 2 atom stereocenters. The smallest absolute Gasteiger partial charge is 0.326 e. The topological polar surface area (TPSA) is 92.4 Å². The average Bonchev–Trinajstić information content (AvgIpc) is 2.20. The highest BCUT2D eigenvalue weighted by molar-refractivity contribution is 5.83. The molecule has 0 aliphatic heterocycles. The number of carboxylic acids is 1. The molecule has 0 rings (SSSR count). The Balaban J connectivity index is 3.98. The van der Waals surface area contributed by atoms with Crippen LogP contribution < -0.4 is 11.1 Å². The number of aliphatic carboxylic acids is 1. The first-order valence-corrected chi connectivity index (χ1v) is 5.75. The Bertz CT molecular complexity index is 229. The summed E-state index contributed by atoms with van der Waals surface area (Å²) >= 11 is 0. The molecule has 1 unspecified atom stereocenters. The van der Waals surface area contributed by atoms with Gasteiger partial charge in [0.25, 0.3) is 0 Å². The van der Waals surface area contributed by atoms with Gasteiger partial charge in [-0.15, -0.1) is 0 Å². The first-order valence-electron chi connectivity index (χ1n) is 5.75. The first-order chi connectivity index (χ1) is 7.47. The van der Waals surface area contributed by atoms with E-state index < -0.39 is 12.0 Å². The Morgan fingerprint density at radius 3 is 2.44 bits per heavy atom. The van der Waals surface area contributed by atoms with E-state index in [2.05, 4.69) is 5.32 Å². The minimum absolute atomic E-state index is 0.0373. The highest BCUT2D eigenvalue weighted by atomic mass is 16.4. The second kappa shape index (κ2) is 8.10. The van der Waals surface area contributed by atoms with Crippen molar-refractivity contribution < 1.29 is 14.7 Å². The summed E-state index contributed by atoms with van der Waals surface area (Å²) < 4.78 is 0. The molecule has 0 bridgehead atoms. The normalized spacial score (nSPS) is 14.2. The van der Waals surface area contributed by atoms with E-state index in [4.69, 9.17) is 10.8 Å². The Morgan fingerprint density at radius 2 is 2.00 bits per heavy atom. The van der Waals surface area contributed by atoms with Crippen molar-refractivity contribution in [2.75, 3.05) is 0 Å². The number of nitrogens with one attached hydrogen (secondary N) is 1. The zero-order valence-electron chi connectivity index (χ0n) is 10.0. The van der Waals surface area contributed by atoms with Crippen LogP contribution in [0.3, 0.4) is 0 Å². The van der Waals surface area contributed by atoms with Crippen molar-refractivity contribution >= 4 is 11.9 Å². The summed E-state index contributed by atoms with van der Waals surface area (Å²) in [6.45, 7) is 3.80. The van der Waals surface area contributed by atoms with Crippen LogP contribution >= 0.6 is 0 Å². The van der Waals surface area contributed by atoms with E-state index in [0.29, 0.717) is 12.8 Å². The molecule has 0 spiro atoms. The fourth-order valence-corrected chi connectivity index (χ4v) is 1.29. The molecule has 0 saturated heterocycles. The lowest BCUT2D eigenvalue weighted by Gasteiger charge is -2.14. The van der Waals surface area contributed by atoms with Gasteiger partial charge in [0.05, 0.1) is 0 Å². The SMILES string of the molecule is CCCC[C@H](NC(=O)CCC(C)N)C(=O)O. The van der Waals surface area contributed by atoms with Gasteiger partial charge in [0.1, 0.15) is 6.04 Å². The number of carboxylic acid groups (broad SMARTS) is 1. The number of amides is 1. The molecular formula is C11H22N2O3. The summed E-state index contributed by atoms with van der Waals surface area (Å²) in [6, 6.07) is -0.801. The molecular weight excluding hydrogens is 208 g/mol. The van der Waals surface area contributed by atoms with Crippen LogP contribution in [0.15, 0.2) is 0 Å². The maximum atomic E-state index is 11.4. The van der Waals surface area contributed by atoms with Crippen LogP contribution in [0.25, 0.3) is 0 Å². The third-order valence-electron chi connectivity index (χ3n) is 2.31. The molecule has 16 heavy (non-hydrogen) atoms. The van der Waals surface area contributed by atoms with Crippen LogP contribution in [0.4, 0.5) is 0 Å². The van der Waals surface area contributed by atoms with Crippen molar-refractivity contribution in [3.63, 3.8) is 0 Å². The molecule has 5 heteroatoms. The average molecular weight is 230 g/mol. The van der Waals surface area contributed by atoms with E-state index in [-0.39, 0.29) is 18.4 Å². The summed E-state index contributed by atoms with van der Waals surface area (Å²) in [5, 5.41) is 11.4. The third kappa shape index (κ3) is 7.23. The van der Waals surface area contributed by atoms with Crippen molar-refractivity contribution in [1.29, 1.82) is 0 Å². The Kier molecular flexibility index (Phi) is 7.54. The number of carbonyl (C=O) groups is 2. The van der Waals surface area contributed by atoms with Crippen LogP contribution in [0.5, 0.6) is 0 Å². The molecule has 0 aliphatic carbocycles. The van der Waals surface area contributed by atoms with Gasteiger partial charge < -0.3 is 16.2 Å². The van der Waals surface area contributed by atoms with E-state index in [1.165, 1.54) is 0 Å². The maximum absolute atomic E-state index is 11.4. The molecule has 0 aromatic heterocycles. The Hall–Kier alpha value is -1.10. The van der Waals surface area contributed by atoms with Crippen LogP contribution in [0.2, 0.25) is 0 Å². The van der Waals surface area contributed by atoms with Gasteiger partial charge >= 0.3 is 5.97 Å². The molecule has 0 aromatic carbocycles. The summed E-state index contributed by atoms with van der Waals surface area (Å²) in [6.07, 6.45) is 3.05. The largest absolute Gasteiger partial charge is 0.480 e. The maximum Gasteiger partial charge on any atom is 0.326 e. The predicted molar refractivity (Wildman–Crippen MR) is 62.0 cm³/mol. The van der Waals surface area contributed by atoms with Gasteiger partial charge in [-0.2, -0.15) is 0 Å². The molecule has 1 amide bonds. The molecule has 0 aromatic rings. The molecule has 5 nitrogen and oxygen atoms in total. The zero-order valence-corrected chi connectivity index (χ0v) is 10.0. The highest BCUT2D eigenvalue weighted by Crippen LogP contribution is 2.02. The number of unbranched alkanes of at least 4 members (excludes halogenated alkanes) is 1. The Labute approximate surface area is 96.4 Å². The number of nitrogens with two attached hydrogens (primary N) is 1. The van der Waals surface area contributed by atoms with Crippen molar-refractivity contribution in [2.45, 2.75) is 58.0 Å². The fourth-order valence-electron chi connectivity index (χ4n) is 1.29. The van der Waals surface area contributed by atoms with Crippen molar-refractivity contribution in [3.05, 3.63) is 0 Å². The summed E-state index contributed by atoms with van der Waals surface area (Å²) in [7, 11) is 0. The van der Waals surface area contributed by atoms with Crippen LogP contribution in [0.1, 0.15) is 46.0 Å². The van der Waals surface area contributed by atoms with Crippen molar-refractivity contribution in [1.82, 2.24) is 5.32 Å². The lowest BCUT2D eigenvalue weighted by molar-refractivity contribution is -0.142. The van der Waals surface area contributed by atoms with Gasteiger partial charge in [0.2, 0.25) is 5.91 Å². The number of hydrogen-bond donors (Lipinski definition) is 3. The molecule has 94 valence electrons. The zero-order chi connectivity index (χ0) is 12.6. The standard InChI is InChI=1S/C11H22N2O3/c1-3-4-5-9(11(15)16)13-10(14)7-6-8(2)12/h8-9H,3-7,12H2,1-2H3,(H,13,14)(H,15,16)/t8?,9-/m0/s1. The monoisotopic (exact) mass is 230 g/mol. The van der Waals surface area contributed by atoms with Crippen molar-refractivity contribution in [2.24, 2.45) is 5.73 Å². The van der Waals surface area contributed by atoms with Gasteiger partial charge in [-0.05, 0) is 19.8 Å². The summed E-state index contributed by atoms with van der Waals surface area (Å²) in [4.78, 5) is 22.2. The van der Waals surface area contributed by atoms with Crippen LogP contribution in [0, 0.1) is 0 Å². The highest BCUT2D eigenvalue weighted by Gasteiger charge is 2.18. The van der Waals surface area contributed by atoms with E-state index in [9.17, 15) is 9.59 Å². The van der Waals surface area contributed by atoms with E-state index in [1.54, 1.807) is 0 Å². The second-order valence-corrected chi connectivity index (χ2v) is 4.12. The molecule has 0 heterocycles. The van der Waals surface area contributed by atoms with E-state index >= 15 is 0 Å². The summed E-state index contributed by atoms with van der Waals surface area (Å²) in [5.41, 5.74) is 5.52. The molecule has 0 saturated carbocycles. The van der Waals surface area contributed by atoms with Gasteiger partial charge in [0, 0.05) is 12.5 Å². The van der Waals surface area contributed by atoms with E-state index in [0.717, 1.165) is 12.8 Å². The minimum atomic E-state index is -0.970. The number of carbonyl (C=O) groups excluding carboxylic acids is 1. The molecule has 0 radical (unpaired) electrons. The molecule has 4 N–H and O–H groups in total.